The number of H-pyrrole nitrogens is 1. The van der Waals surface area contributed by atoms with E-state index in [0.29, 0.717) is 24.0 Å². The molecule has 1 heterocycles. The highest BCUT2D eigenvalue weighted by molar-refractivity contribution is 6.11. The average molecular weight is 389 g/mol. The molecule has 0 amide bonds. The number of ether oxygens (including phenoxy) is 2. The van der Waals surface area contributed by atoms with E-state index in [4.69, 9.17) is 15.2 Å². The lowest BCUT2D eigenvalue weighted by molar-refractivity contribution is 0.0555. The lowest BCUT2D eigenvalue weighted by Crippen LogP contribution is -2.21. The van der Waals surface area contributed by atoms with E-state index in [1.165, 1.54) is 14.2 Å². The van der Waals surface area contributed by atoms with Crippen molar-refractivity contribution in [3.05, 3.63) is 51.6 Å². The van der Waals surface area contributed by atoms with Crippen molar-refractivity contribution in [2.75, 3.05) is 20.0 Å². The van der Waals surface area contributed by atoms with Gasteiger partial charge in [-0.05, 0) is 36.5 Å². The van der Waals surface area contributed by atoms with Crippen molar-refractivity contribution in [1.82, 2.24) is 4.98 Å². The minimum atomic E-state index is -0.777. The van der Waals surface area contributed by atoms with E-state index < -0.39 is 11.9 Å². The predicted molar refractivity (Wildman–Crippen MR) is 108 cm³/mol. The third kappa shape index (κ3) is 2.49. The molecule has 3 N–H and O–H groups in total. The van der Waals surface area contributed by atoms with Gasteiger partial charge in [0, 0.05) is 16.5 Å². The molecule has 29 heavy (non-hydrogen) atoms. The maximum atomic E-state index is 12.6. The summed E-state index contributed by atoms with van der Waals surface area (Å²) in [5.74, 6) is -1.46. The van der Waals surface area contributed by atoms with E-state index in [1.807, 2.05) is 25.1 Å². The van der Waals surface area contributed by atoms with Gasteiger partial charge >= 0.3 is 11.9 Å². The van der Waals surface area contributed by atoms with Crippen LogP contribution in [-0.4, -0.2) is 31.1 Å². The molecule has 7 heteroatoms. The third-order valence-corrected chi connectivity index (χ3v) is 5.56. The molecular formula is C22H19N3O4. The molecule has 0 aliphatic heterocycles. The Hall–Kier alpha value is -3.79. The number of benzene rings is 2. The highest BCUT2D eigenvalue weighted by Gasteiger charge is 2.35. The van der Waals surface area contributed by atoms with Gasteiger partial charge in [-0.25, -0.2) is 9.59 Å². The number of anilines is 1. The van der Waals surface area contributed by atoms with E-state index in [0.717, 1.165) is 27.7 Å². The summed E-state index contributed by atoms with van der Waals surface area (Å²) in [7, 11) is 2.44. The zero-order valence-corrected chi connectivity index (χ0v) is 16.3. The summed E-state index contributed by atoms with van der Waals surface area (Å²) in [5.41, 5.74) is 11.2. The van der Waals surface area contributed by atoms with Crippen molar-refractivity contribution < 1.29 is 19.1 Å². The minimum Gasteiger partial charge on any atom is -0.465 e. The number of carbonyl (C=O) groups is 2. The SMILES string of the molecule is COC(=O)c1c(N)c(C#N)c2c(c1C(=O)OC)CCc1c-2[nH]c2c(C)cccc12. The number of aromatic nitrogens is 1. The Morgan fingerprint density at radius 3 is 2.41 bits per heavy atom. The average Bonchev–Trinajstić information content (AvgIpc) is 3.12. The van der Waals surface area contributed by atoms with Crippen molar-refractivity contribution in [1.29, 1.82) is 5.26 Å². The van der Waals surface area contributed by atoms with E-state index in [1.54, 1.807) is 0 Å². The van der Waals surface area contributed by atoms with Crippen LogP contribution in [0, 0.1) is 18.3 Å². The number of hydrogen-bond donors (Lipinski definition) is 2. The zero-order chi connectivity index (χ0) is 20.9. The molecule has 7 nitrogen and oxygen atoms in total. The van der Waals surface area contributed by atoms with Crippen LogP contribution in [-0.2, 0) is 22.3 Å². The Morgan fingerprint density at radius 1 is 1.10 bits per heavy atom. The normalized spacial score (nSPS) is 12.1. The fourth-order valence-corrected chi connectivity index (χ4v) is 4.25. The highest BCUT2D eigenvalue weighted by Crippen LogP contribution is 2.44. The van der Waals surface area contributed by atoms with Gasteiger partial charge in [-0.1, -0.05) is 18.2 Å². The zero-order valence-electron chi connectivity index (χ0n) is 16.3. The molecule has 2 aromatic carbocycles. The second-order valence-corrected chi connectivity index (χ2v) is 6.96. The summed E-state index contributed by atoms with van der Waals surface area (Å²) in [6, 6.07) is 8.14. The van der Waals surface area contributed by atoms with Crippen LogP contribution < -0.4 is 5.73 Å². The second-order valence-electron chi connectivity index (χ2n) is 6.96. The third-order valence-electron chi connectivity index (χ3n) is 5.56. The fourth-order valence-electron chi connectivity index (χ4n) is 4.25. The largest absolute Gasteiger partial charge is 0.465 e. The summed E-state index contributed by atoms with van der Waals surface area (Å²) in [4.78, 5) is 28.5. The summed E-state index contributed by atoms with van der Waals surface area (Å²) < 4.78 is 9.77. The number of carbonyl (C=O) groups excluding carboxylic acids is 2. The number of nitriles is 1. The number of nitrogens with zero attached hydrogens (tertiary/aromatic N) is 1. The van der Waals surface area contributed by atoms with Gasteiger partial charge in [0.25, 0.3) is 0 Å². The molecule has 4 rings (SSSR count). The molecule has 0 unspecified atom stereocenters. The monoisotopic (exact) mass is 389 g/mol. The maximum absolute atomic E-state index is 12.6. The Labute approximate surface area is 167 Å². The number of esters is 2. The molecule has 0 fully saturated rings. The quantitative estimate of drug-likeness (QED) is 0.513. The number of fused-ring (bicyclic) bond motifs is 5. The van der Waals surface area contributed by atoms with Gasteiger partial charge in [0.2, 0.25) is 0 Å². The van der Waals surface area contributed by atoms with Crippen LogP contribution in [0.1, 0.15) is 43.0 Å². The number of aryl methyl sites for hydroxylation is 2. The van der Waals surface area contributed by atoms with Crippen LogP contribution in [0.2, 0.25) is 0 Å². The molecule has 0 bridgehead atoms. The number of hydrogen-bond acceptors (Lipinski definition) is 6. The van der Waals surface area contributed by atoms with Crippen LogP contribution in [0.4, 0.5) is 5.69 Å². The minimum absolute atomic E-state index is 0.0619. The van der Waals surface area contributed by atoms with Crippen LogP contribution in [0.5, 0.6) is 0 Å². The van der Waals surface area contributed by atoms with Gasteiger partial charge in [0.05, 0.1) is 42.3 Å². The van der Waals surface area contributed by atoms with Gasteiger partial charge in [-0.15, -0.1) is 0 Å². The standard InChI is InChI=1S/C22H19N3O4/c1-10-5-4-6-11-12-7-8-13-15(20(12)25-19(10)11)14(9-23)18(24)17(22(27)29-3)16(13)21(26)28-2/h4-6,25H,7-8,24H2,1-3H3. The van der Waals surface area contributed by atoms with E-state index in [2.05, 4.69) is 11.1 Å². The number of para-hydroxylation sites is 1. The number of nitrogens with two attached hydrogens (primary N) is 1. The Kier molecular flexibility index (Phi) is 4.27. The predicted octanol–water partition coefficient (Wildman–Crippen LogP) is 3.27. The van der Waals surface area contributed by atoms with Gasteiger partial charge in [-0.3, -0.25) is 0 Å². The van der Waals surface area contributed by atoms with Gasteiger partial charge in [0.15, 0.2) is 0 Å². The van der Waals surface area contributed by atoms with Gasteiger partial charge in [0.1, 0.15) is 6.07 Å². The lowest BCUT2D eigenvalue weighted by Gasteiger charge is -2.24. The van der Waals surface area contributed by atoms with Gasteiger partial charge < -0.3 is 20.2 Å². The highest BCUT2D eigenvalue weighted by atomic mass is 16.5. The van der Waals surface area contributed by atoms with Crippen LogP contribution in [0.25, 0.3) is 22.2 Å². The first kappa shape index (κ1) is 18.6. The molecule has 0 atom stereocenters. The summed E-state index contributed by atoms with van der Waals surface area (Å²) in [6.45, 7) is 2.00. The van der Waals surface area contributed by atoms with E-state index in [-0.39, 0.29) is 22.4 Å². The van der Waals surface area contributed by atoms with E-state index in [9.17, 15) is 14.9 Å². The molecule has 0 saturated carbocycles. The molecule has 1 aliphatic carbocycles. The number of aromatic amines is 1. The van der Waals surface area contributed by atoms with Crippen LogP contribution in [0.3, 0.4) is 0 Å². The number of nitrogens with one attached hydrogen (secondary N) is 1. The first-order chi connectivity index (χ1) is 13.9. The first-order valence-corrected chi connectivity index (χ1v) is 9.10. The molecule has 1 aromatic heterocycles. The number of methoxy groups -OCH3 is 2. The molecule has 0 radical (unpaired) electrons. The van der Waals surface area contributed by atoms with Crippen molar-refractivity contribution in [2.24, 2.45) is 0 Å². The molecule has 146 valence electrons. The van der Waals surface area contributed by atoms with Crippen molar-refractivity contribution >= 4 is 28.5 Å². The number of rotatable bonds is 2. The molecular weight excluding hydrogens is 370 g/mol. The maximum Gasteiger partial charge on any atom is 0.340 e. The van der Waals surface area contributed by atoms with Crippen molar-refractivity contribution in [3.8, 4) is 17.3 Å². The van der Waals surface area contributed by atoms with E-state index >= 15 is 0 Å². The smallest absolute Gasteiger partial charge is 0.340 e. The lowest BCUT2D eigenvalue weighted by atomic mass is 9.80. The number of nitrogen functional groups attached to an aromatic ring is 1. The summed E-state index contributed by atoms with van der Waals surface area (Å²) in [6.07, 6.45) is 1.11. The Morgan fingerprint density at radius 2 is 1.76 bits per heavy atom. The van der Waals surface area contributed by atoms with Gasteiger partial charge in [-0.2, -0.15) is 5.26 Å². The fraction of sp³-hybridized carbons (Fsp3) is 0.227. The molecule has 3 aromatic rings. The summed E-state index contributed by atoms with van der Waals surface area (Å²) in [5, 5.41) is 11.0. The van der Waals surface area contributed by atoms with Crippen LogP contribution in [0.15, 0.2) is 18.2 Å². The first-order valence-electron chi connectivity index (χ1n) is 9.10. The molecule has 1 aliphatic rings. The molecule has 0 saturated heterocycles. The summed E-state index contributed by atoms with van der Waals surface area (Å²) >= 11 is 0. The second kappa shape index (κ2) is 6.67. The van der Waals surface area contributed by atoms with Crippen LogP contribution >= 0.6 is 0 Å². The molecule has 0 spiro atoms. The van der Waals surface area contributed by atoms with Crippen molar-refractivity contribution in [3.63, 3.8) is 0 Å². The van der Waals surface area contributed by atoms with Crippen molar-refractivity contribution in [2.45, 2.75) is 19.8 Å². The Bertz CT molecular complexity index is 1250. The topological polar surface area (TPSA) is 118 Å². The Balaban J connectivity index is 2.17.